The van der Waals surface area contributed by atoms with Crippen molar-refractivity contribution in [1.82, 2.24) is 20.3 Å². The number of nitrogens with zero attached hydrogens (tertiary/aromatic N) is 2. The quantitative estimate of drug-likeness (QED) is 0.743. The van der Waals surface area contributed by atoms with E-state index < -0.39 is 0 Å². The molecular weight excluding hydrogens is 332 g/mol. The number of aromatic amines is 1. The highest BCUT2D eigenvalue weighted by Crippen LogP contribution is 2.34. The van der Waals surface area contributed by atoms with Gasteiger partial charge in [0.15, 0.2) is 0 Å². The lowest BCUT2D eigenvalue weighted by molar-refractivity contribution is 0.0950. The first kappa shape index (κ1) is 15.7. The van der Waals surface area contributed by atoms with Gasteiger partial charge in [0, 0.05) is 35.4 Å². The number of hydrogen-bond donors (Lipinski definition) is 2. The Bertz CT molecular complexity index is 813. The molecule has 5 nitrogen and oxygen atoms in total. The second-order valence-electron chi connectivity index (χ2n) is 4.97. The normalized spacial score (nSPS) is 10.7. The summed E-state index contributed by atoms with van der Waals surface area (Å²) in [5.41, 5.74) is 2.23. The summed E-state index contributed by atoms with van der Waals surface area (Å²) in [5.74, 6) is -0.191. The first-order valence-electron chi connectivity index (χ1n) is 7.13. The van der Waals surface area contributed by atoms with E-state index in [-0.39, 0.29) is 5.91 Å². The standard InChI is InChI=1S/C16H15ClN4OS/c1-10-21-14(15(23-10)12-4-2-3-5-13(12)17)16(22)19-7-6-11-8-18-9-20-11/h2-5,8-9H,6-7H2,1H3,(H,18,20)(H,19,22). The maximum absolute atomic E-state index is 12.5. The summed E-state index contributed by atoms with van der Waals surface area (Å²) in [6.07, 6.45) is 4.06. The minimum atomic E-state index is -0.191. The molecule has 2 N–H and O–H groups in total. The van der Waals surface area contributed by atoms with Gasteiger partial charge in [-0.25, -0.2) is 9.97 Å². The van der Waals surface area contributed by atoms with Crippen LogP contribution in [0.25, 0.3) is 10.4 Å². The van der Waals surface area contributed by atoms with Crippen LogP contribution in [0.4, 0.5) is 0 Å². The molecule has 118 valence electrons. The van der Waals surface area contributed by atoms with Crippen LogP contribution >= 0.6 is 22.9 Å². The van der Waals surface area contributed by atoms with Crippen LogP contribution in [0.2, 0.25) is 5.02 Å². The molecule has 1 aromatic carbocycles. The third kappa shape index (κ3) is 3.60. The van der Waals surface area contributed by atoms with Crippen molar-refractivity contribution in [3.8, 4) is 10.4 Å². The van der Waals surface area contributed by atoms with E-state index in [0.29, 0.717) is 23.7 Å². The first-order chi connectivity index (χ1) is 11.1. The fourth-order valence-corrected chi connectivity index (χ4v) is 3.47. The molecule has 0 unspecified atom stereocenters. The molecule has 0 spiro atoms. The topological polar surface area (TPSA) is 70.7 Å². The van der Waals surface area contributed by atoms with Crippen molar-refractivity contribution in [2.75, 3.05) is 6.54 Å². The van der Waals surface area contributed by atoms with Crippen LogP contribution in [-0.4, -0.2) is 27.4 Å². The van der Waals surface area contributed by atoms with Gasteiger partial charge in [-0.2, -0.15) is 0 Å². The Labute approximate surface area is 142 Å². The Morgan fingerprint density at radius 3 is 2.96 bits per heavy atom. The van der Waals surface area contributed by atoms with E-state index in [0.717, 1.165) is 21.1 Å². The van der Waals surface area contributed by atoms with Gasteiger partial charge in [0.2, 0.25) is 0 Å². The second-order valence-corrected chi connectivity index (χ2v) is 6.58. The molecule has 0 saturated carbocycles. The van der Waals surface area contributed by atoms with Crippen molar-refractivity contribution in [1.29, 1.82) is 0 Å². The number of H-pyrrole nitrogens is 1. The van der Waals surface area contributed by atoms with Crippen LogP contribution in [0, 0.1) is 6.92 Å². The summed E-state index contributed by atoms with van der Waals surface area (Å²) >= 11 is 7.72. The van der Waals surface area contributed by atoms with E-state index >= 15 is 0 Å². The smallest absolute Gasteiger partial charge is 0.271 e. The summed E-state index contributed by atoms with van der Waals surface area (Å²) in [6, 6.07) is 7.47. The molecule has 0 fully saturated rings. The number of nitrogens with one attached hydrogen (secondary N) is 2. The summed E-state index contributed by atoms with van der Waals surface area (Å²) in [7, 11) is 0. The third-order valence-corrected chi connectivity index (χ3v) is 4.64. The Hall–Kier alpha value is -2.18. The molecule has 0 aliphatic heterocycles. The molecule has 0 atom stereocenters. The van der Waals surface area contributed by atoms with Gasteiger partial charge in [-0.05, 0) is 13.0 Å². The molecule has 3 aromatic rings. The number of aromatic nitrogens is 3. The lowest BCUT2D eigenvalue weighted by atomic mass is 10.1. The highest BCUT2D eigenvalue weighted by Gasteiger charge is 2.19. The highest BCUT2D eigenvalue weighted by atomic mass is 35.5. The average Bonchev–Trinajstić information content (AvgIpc) is 3.17. The Balaban J connectivity index is 1.77. The largest absolute Gasteiger partial charge is 0.350 e. The number of thiazole rings is 1. The number of hydrogen-bond acceptors (Lipinski definition) is 4. The molecule has 23 heavy (non-hydrogen) atoms. The van der Waals surface area contributed by atoms with Gasteiger partial charge in [0.05, 0.1) is 16.2 Å². The van der Waals surface area contributed by atoms with E-state index in [1.807, 2.05) is 31.2 Å². The molecule has 0 aliphatic rings. The number of carbonyl (C=O) groups excluding carboxylic acids is 1. The summed E-state index contributed by atoms with van der Waals surface area (Å²) < 4.78 is 0. The molecule has 0 radical (unpaired) electrons. The minimum absolute atomic E-state index is 0.191. The summed E-state index contributed by atoms with van der Waals surface area (Å²) in [4.78, 5) is 24.6. The highest BCUT2D eigenvalue weighted by molar-refractivity contribution is 7.15. The average molecular weight is 347 g/mol. The first-order valence-corrected chi connectivity index (χ1v) is 8.32. The fourth-order valence-electron chi connectivity index (χ4n) is 2.22. The molecule has 0 saturated heterocycles. The lowest BCUT2D eigenvalue weighted by Gasteiger charge is -2.06. The zero-order valence-electron chi connectivity index (χ0n) is 12.5. The van der Waals surface area contributed by atoms with Crippen LogP contribution in [-0.2, 0) is 6.42 Å². The van der Waals surface area contributed by atoms with Gasteiger partial charge in [-0.1, -0.05) is 29.8 Å². The van der Waals surface area contributed by atoms with Gasteiger partial charge in [0.25, 0.3) is 5.91 Å². The SMILES string of the molecule is Cc1nc(C(=O)NCCc2cnc[nH]2)c(-c2ccccc2Cl)s1. The van der Waals surface area contributed by atoms with E-state index in [1.165, 1.54) is 11.3 Å². The van der Waals surface area contributed by atoms with Crippen molar-refractivity contribution in [3.05, 3.63) is 58.2 Å². The molecule has 3 rings (SSSR count). The van der Waals surface area contributed by atoms with Crippen LogP contribution in [0.5, 0.6) is 0 Å². The van der Waals surface area contributed by atoms with Gasteiger partial charge in [0.1, 0.15) is 5.69 Å². The number of carbonyl (C=O) groups is 1. The van der Waals surface area contributed by atoms with E-state index in [2.05, 4.69) is 20.3 Å². The fraction of sp³-hybridized carbons (Fsp3) is 0.188. The summed E-state index contributed by atoms with van der Waals surface area (Å²) in [6.45, 7) is 2.39. The van der Waals surface area contributed by atoms with Crippen LogP contribution < -0.4 is 5.32 Å². The molecule has 7 heteroatoms. The van der Waals surface area contributed by atoms with Crippen LogP contribution in [0.15, 0.2) is 36.8 Å². The molecule has 2 aromatic heterocycles. The maximum Gasteiger partial charge on any atom is 0.271 e. The van der Waals surface area contributed by atoms with Crippen molar-refractivity contribution in [2.45, 2.75) is 13.3 Å². The zero-order valence-corrected chi connectivity index (χ0v) is 14.0. The van der Waals surface area contributed by atoms with Crippen molar-refractivity contribution >= 4 is 28.8 Å². The predicted octanol–water partition coefficient (Wildman–Crippen LogP) is 3.47. The van der Waals surface area contributed by atoms with Gasteiger partial charge in [-0.15, -0.1) is 11.3 Å². The van der Waals surface area contributed by atoms with Crippen LogP contribution in [0.3, 0.4) is 0 Å². The third-order valence-electron chi connectivity index (χ3n) is 3.30. The molecular formula is C16H15ClN4OS. The number of aryl methyl sites for hydroxylation is 1. The van der Waals surface area contributed by atoms with Gasteiger partial charge in [-0.3, -0.25) is 4.79 Å². The van der Waals surface area contributed by atoms with Crippen LogP contribution in [0.1, 0.15) is 21.2 Å². The second kappa shape index (κ2) is 6.93. The monoisotopic (exact) mass is 346 g/mol. The van der Waals surface area contributed by atoms with E-state index in [9.17, 15) is 4.79 Å². The number of benzene rings is 1. The predicted molar refractivity (Wildman–Crippen MR) is 91.9 cm³/mol. The van der Waals surface area contributed by atoms with E-state index in [4.69, 9.17) is 11.6 Å². The maximum atomic E-state index is 12.5. The summed E-state index contributed by atoms with van der Waals surface area (Å²) in [5, 5.41) is 4.34. The van der Waals surface area contributed by atoms with Crippen molar-refractivity contribution in [3.63, 3.8) is 0 Å². The Kier molecular flexibility index (Phi) is 4.73. The van der Waals surface area contributed by atoms with Gasteiger partial charge < -0.3 is 10.3 Å². The zero-order chi connectivity index (χ0) is 16.2. The van der Waals surface area contributed by atoms with Gasteiger partial charge >= 0.3 is 0 Å². The minimum Gasteiger partial charge on any atom is -0.350 e. The van der Waals surface area contributed by atoms with E-state index in [1.54, 1.807) is 12.5 Å². The molecule has 0 bridgehead atoms. The van der Waals surface area contributed by atoms with Crippen molar-refractivity contribution < 1.29 is 4.79 Å². The lowest BCUT2D eigenvalue weighted by Crippen LogP contribution is -2.26. The molecule has 2 heterocycles. The molecule has 1 amide bonds. The number of halogens is 1. The Morgan fingerprint density at radius 2 is 2.22 bits per heavy atom. The number of rotatable bonds is 5. The van der Waals surface area contributed by atoms with Crippen molar-refractivity contribution in [2.24, 2.45) is 0 Å². The Morgan fingerprint density at radius 1 is 1.39 bits per heavy atom. The molecule has 0 aliphatic carbocycles. The number of imidazole rings is 1. The number of amides is 1.